The maximum absolute atomic E-state index is 14.9. The molecular formula is C60H66F2O8. The van der Waals surface area contributed by atoms with Gasteiger partial charge in [0.25, 0.3) is 0 Å². The Labute approximate surface area is 411 Å². The first-order chi connectivity index (χ1) is 33.3. The summed E-state index contributed by atoms with van der Waals surface area (Å²) in [4.78, 5) is 22.5. The second-order valence-corrected chi connectivity index (χ2v) is 20.8. The van der Waals surface area contributed by atoms with Crippen molar-refractivity contribution >= 4 is 11.9 Å². The molecule has 0 heterocycles. The summed E-state index contributed by atoms with van der Waals surface area (Å²) in [5.41, 5.74) is 8.36. The number of hydrogen-bond donors (Lipinski definition) is 2. The molecular weight excluding hydrogens is 887 g/mol. The number of carboxylic acid groups (broad SMARTS) is 2. The number of rotatable bonds is 18. The van der Waals surface area contributed by atoms with Crippen molar-refractivity contribution in [2.75, 3.05) is 14.2 Å². The van der Waals surface area contributed by atoms with Crippen LogP contribution < -0.4 is 18.9 Å². The van der Waals surface area contributed by atoms with Crippen LogP contribution in [0.4, 0.5) is 8.78 Å². The normalized spacial score (nSPS) is 14.4. The number of methoxy groups -OCH3 is 2. The van der Waals surface area contributed by atoms with Crippen molar-refractivity contribution in [3.63, 3.8) is 0 Å². The van der Waals surface area contributed by atoms with Crippen molar-refractivity contribution in [2.45, 2.75) is 116 Å². The third-order valence-electron chi connectivity index (χ3n) is 13.3. The maximum Gasteiger partial charge on any atom is 0.303 e. The lowest BCUT2D eigenvalue weighted by Gasteiger charge is -2.24. The summed E-state index contributed by atoms with van der Waals surface area (Å²) < 4.78 is 52.5. The first-order valence-electron chi connectivity index (χ1n) is 24.1. The molecule has 0 spiro atoms. The average molecular weight is 953 g/mol. The number of aliphatic carboxylic acids is 2. The number of halogens is 2. The molecule has 0 aliphatic heterocycles. The van der Waals surface area contributed by atoms with E-state index in [0.29, 0.717) is 59.2 Å². The van der Waals surface area contributed by atoms with Crippen LogP contribution in [-0.4, -0.2) is 36.4 Å². The zero-order valence-electron chi connectivity index (χ0n) is 41.6. The van der Waals surface area contributed by atoms with Gasteiger partial charge < -0.3 is 29.2 Å². The minimum atomic E-state index is -0.760. The van der Waals surface area contributed by atoms with Crippen LogP contribution >= 0.6 is 0 Å². The van der Waals surface area contributed by atoms with Gasteiger partial charge in [-0.3, -0.25) is 9.59 Å². The van der Waals surface area contributed by atoms with E-state index in [1.165, 1.54) is 12.1 Å². The third kappa shape index (κ3) is 13.3. The van der Waals surface area contributed by atoms with Crippen LogP contribution in [0.5, 0.6) is 23.0 Å². The van der Waals surface area contributed by atoms with Gasteiger partial charge in [-0.1, -0.05) is 90.1 Å². The van der Waals surface area contributed by atoms with Crippen molar-refractivity contribution in [3.05, 3.63) is 166 Å². The van der Waals surface area contributed by atoms with Gasteiger partial charge in [-0.15, -0.1) is 0 Å². The van der Waals surface area contributed by atoms with Gasteiger partial charge in [-0.05, 0) is 177 Å². The number of benzene rings is 6. The Morgan fingerprint density at radius 2 is 0.843 bits per heavy atom. The van der Waals surface area contributed by atoms with Crippen LogP contribution in [0.15, 0.2) is 121 Å². The second-order valence-electron chi connectivity index (χ2n) is 20.8. The van der Waals surface area contributed by atoms with Crippen molar-refractivity contribution < 1.29 is 47.5 Å². The highest BCUT2D eigenvalue weighted by molar-refractivity contribution is 5.73. The van der Waals surface area contributed by atoms with Crippen LogP contribution in [0.2, 0.25) is 0 Å². The smallest absolute Gasteiger partial charge is 0.303 e. The van der Waals surface area contributed by atoms with E-state index in [1.54, 1.807) is 38.5 Å². The highest BCUT2D eigenvalue weighted by Crippen LogP contribution is 2.46. The zero-order valence-corrected chi connectivity index (χ0v) is 41.6. The molecule has 8 nitrogen and oxygen atoms in total. The van der Waals surface area contributed by atoms with Gasteiger partial charge >= 0.3 is 11.9 Å². The molecule has 0 bridgehead atoms. The van der Waals surface area contributed by atoms with Crippen LogP contribution in [0.25, 0.3) is 22.3 Å². The minimum absolute atomic E-state index is 0.0619. The summed E-state index contributed by atoms with van der Waals surface area (Å²) in [6.07, 6.45) is 4.70. The molecule has 2 aliphatic rings. The van der Waals surface area contributed by atoms with E-state index >= 15 is 0 Å². The monoisotopic (exact) mass is 952 g/mol. The van der Waals surface area contributed by atoms with E-state index in [2.05, 4.69) is 41.5 Å². The summed E-state index contributed by atoms with van der Waals surface area (Å²) in [5, 5.41) is 18.5. The SMILES string of the molecule is COc1ccc(F)c(-c2cc(COc3ccc([C@@H](CC(=O)O)C4CC4)cc3)ccc2C(C)(C)C)c1.COc1ccc(F)c(-c2cc(COc3ccc([C@H](CC(=O)O)C4CC4)cc3)ccc2C(C)(C)C)c1. The predicted octanol–water partition coefficient (Wildman–Crippen LogP) is 14.7. The van der Waals surface area contributed by atoms with Gasteiger partial charge in [0, 0.05) is 11.1 Å². The minimum Gasteiger partial charge on any atom is -0.497 e. The standard InChI is InChI=1S/2C30H33FO4/c2*1-30(2,3)27-13-5-19(15-25(27)26-16-23(34-4)12-14-28(26)31)18-35-22-10-8-21(9-11-22)24(17-29(32)33)20-6-7-20/h2*5,8-16,20,24H,6-7,17-18H2,1-4H3,(H,32,33)/t2*24-/m10/s1. The topological polar surface area (TPSA) is 112 Å². The fraction of sp³-hybridized carbons (Fsp3) is 0.367. The van der Waals surface area contributed by atoms with E-state index in [0.717, 1.165) is 70.2 Å². The molecule has 6 aromatic carbocycles. The highest BCUT2D eigenvalue weighted by atomic mass is 19.1. The molecule has 8 rings (SSSR count). The van der Waals surface area contributed by atoms with E-state index in [1.807, 2.05) is 84.9 Å². The predicted molar refractivity (Wildman–Crippen MR) is 271 cm³/mol. The molecule has 2 N–H and O–H groups in total. The maximum atomic E-state index is 14.9. The average Bonchev–Trinajstić information content (AvgIpc) is 4.27. The Bertz CT molecular complexity index is 2570. The summed E-state index contributed by atoms with van der Waals surface area (Å²) in [7, 11) is 3.15. The Hall–Kier alpha value is -6.68. The van der Waals surface area contributed by atoms with Crippen LogP contribution in [-0.2, 0) is 33.6 Å². The van der Waals surface area contributed by atoms with Gasteiger partial charge in [-0.25, -0.2) is 8.78 Å². The van der Waals surface area contributed by atoms with Gasteiger partial charge in [0.2, 0.25) is 0 Å². The van der Waals surface area contributed by atoms with Crippen molar-refractivity contribution in [1.29, 1.82) is 0 Å². The highest BCUT2D eigenvalue weighted by Gasteiger charge is 2.35. The van der Waals surface area contributed by atoms with Gasteiger partial charge in [0.05, 0.1) is 27.1 Å². The molecule has 0 amide bonds. The Morgan fingerprint density at radius 3 is 1.14 bits per heavy atom. The molecule has 0 unspecified atom stereocenters. The molecule has 2 saturated carbocycles. The molecule has 70 heavy (non-hydrogen) atoms. The quantitative estimate of drug-likeness (QED) is 0.0876. The molecule has 6 aromatic rings. The Morgan fingerprint density at radius 1 is 0.500 bits per heavy atom. The molecule has 2 fully saturated rings. The lowest BCUT2D eigenvalue weighted by atomic mass is 9.81. The first-order valence-corrected chi connectivity index (χ1v) is 24.1. The number of ether oxygens (including phenoxy) is 4. The van der Waals surface area contributed by atoms with Crippen molar-refractivity contribution in [1.82, 2.24) is 0 Å². The lowest BCUT2D eigenvalue weighted by Crippen LogP contribution is -2.13. The molecule has 2 atom stereocenters. The zero-order chi connectivity index (χ0) is 50.3. The van der Waals surface area contributed by atoms with Gasteiger partial charge in [0.15, 0.2) is 0 Å². The molecule has 10 heteroatoms. The largest absolute Gasteiger partial charge is 0.497 e. The second kappa shape index (κ2) is 22.0. The lowest BCUT2D eigenvalue weighted by molar-refractivity contribution is -0.138. The van der Waals surface area contributed by atoms with Crippen molar-refractivity contribution in [2.24, 2.45) is 11.8 Å². The van der Waals surface area contributed by atoms with Gasteiger partial charge in [-0.2, -0.15) is 0 Å². The summed E-state index contributed by atoms with van der Waals surface area (Å²) in [6.45, 7) is 13.3. The van der Waals surface area contributed by atoms with Crippen LogP contribution in [0, 0.1) is 23.5 Å². The third-order valence-corrected chi connectivity index (χ3v) is 13.3. The number of hydrogen-bond acceptors (Lipinski definition) is 6. The number of carbonyl (C=O) groups is 2. The molecule has 0 radical (unpaired) electrons. The fourth-order valence-electron chi connectivity index (χ4n) is 9.23. The summed E-state index contributed by atoms with van der Waals surface area (Å²) in [6, 6.07) is 37.2. The first kappa shape index (κ1) is 51.2. The van der Waals surface area contributed by atoms with Crippen LogP contribution in [0.3, 0.4) is 0 Å². The molecule has 368 valence electrons. The molecule has 2 aliphatic carbocycles. The molecule has 0 saturated heterocycles. The van der Waals surface area contributed by atoms with E-state index in [4.69, 9.17) is 18.9 Å². The fourth-order valence-corrected chi connectivity index (χ4v) is 9.23. The summed E-state index contributed by atoms with van der Waals surface area (Å²) >= 11 is 0. The summed E-state index contributed by atoms with van der Waals surface area (Å²) in [5.74, 6) is 1.59. The van der Waals surface area contributed by atoms with E-state index < -0.39 is 11.9 Å². The molecule has 0 aromatic heterocycles. The Kier molecular flexibility index (Phi) is 16.0. The van der Waals surface area contributed by atoms with E-state index in [-0.39, 0.29) is 47.1 Å². The number of carboxylic acids is 2. The van der Waals surface area contributed by atoms with E-state index in [9.17, 15) is 28.6 Å². The van der Waals surface area contributed by atoms with Crippen molar-refractivity contribution in [3.8, 4) is 45.3 Å². The Balaban J connectivity index is 0.000000206. The van der Waals surface area contributed by atoms with Gasteiger partial charge in [0.1, 0.15) is 47.8 Å². The van der Waals surface area contributed by atoms with Crippen LogP contribution in [0.1, 0.15) is 125 Å².